The molecule has 1 unspecified atom stereocenters. The highest BCUT2D eigenvalue weighted by atomic mass is 16.5. The third-order valence-electron chi connectivity index (χ3n) is 2.63. The van der Waals surface area contributed by atoms with Gasteiger partial charge in [-0.3, -0.25) is 0 Å². The van der Waals surface area contributed by atoms with E-state index >= 15 is 0 Å². The first kappa shape index (κ1) is 7.65. The van der Waals surface area contributed by atoms with Gasteiger partial charge < -0.3 is 4.74 Å². The van der Waals surface area contributed by atoms with Gasteiger partial charge in [0.15, 0.2) is 0 Å². The summed E-state index contributed by atoms with van der Waals surface area (Å²) in [4.78, 5) is 0. The lowest BCUT2D eigenvalue weighted by Crippen LogP contribution is -2.34. The Labute approximate surface area is 72.3 Å². The summed E-state index contributed by atoms with van der Waals surface area (Å²) in [6, 6.07) is 1.91. The molecule has 0 aromatic carbocycles. The maximum atomic E-state index is 5.57. The largest absolute Gasteiger partial charge is 0.477 e. The molecule has 12 heavy (non-hydrogen) atoms. The smallest absolute Gasteiger partial charge is 0.211 e. The van der Waals surface area contributed by atoms with Crippen molar-refractivity contribution in [3.05, 3.63) is 12.3 Å². The van der Waals surface area contributed by atoms with E-state index in [0.29, 0.717) is 0 Å². The minimum Gasteiger partial charge on any atom is -0.477 e. The van der Waals surface area contributed by atoms with E-state index in [1.807, 2.05) is 10.7 Å². The number of ether oxygens (including phenoxy) is 1. The third-order valence-corrected chi connectivity index (χ3v) is 2.63. The van der Waals surface area contributed by atoms with Crippen LogP contribution in [0.25, 0.3) is 0 Å². The van der Waals surface area contributed by atoms with Crippen LogP contribution in [0.1, 0.15) is 20.3 Å². The summed E-state index contributed by atoms with van der Waals surface area (Å²) >= 11 is 0. The number of hydrogen-bond donors (Lipinski definition) is 0. The molecular formula is C9H14N2O. The first-order valence-corrected chi connectivity index (χ1v) is 4.38. The molecule has 0 saturated heterocycles. The molecule has 3 nitrogen and oxygen atoms in total. The molecule has 1 aromatic rings. The summed E-state index contributed by atoms with van der Waals surface area (Å²) in [7, 11) is 0. The van der Waals surface area contributed by atoms with Crippen LogP contribution < -0.4 is 4.74 Å². The van der Waals surface area contributed by atoms with Crippen LogP contribution in [-0.2, 0) is 6.54 Å². The van der Waals surface area contributed by atoms with Gasteiger partial charge in [0.25, 0.3) is 0 Å². The average Bonchev–Trinajstić information content (AvgIpc) is 2.51. The van der Waals surface area contributed by atoms with Crippen LogP contribution in [0.3, 0.4) is 0 Å². The van der Waals surface area contributed by atoms with Crippen LogP contribution in [0.15, 0.2) is 12.3 Å². The van der Waals surface area contributed by atoms with Gasteiger partial charge in [-0.25, -0.2) is 4.68 Å². The molecule has 3 heteroatoms. The van der Waals surface area contributed by atoms with E-state index in [9.17, 15) is 0 Å². The van der Waals surface area contributed by atoms with Gasteiger partial charge in [0.2, 0.25) is 5.88 Å². The van der Waals surface area contributed by atoms with Gasteiger partial charge in [-0.15, -0.1) is 0 Å². The van der Waals surface area contributed by atoms with Crippen LogP contribution in [0, 0.1) is 5.41 Å². The Morgan fingerprint density at radius 2 is 2.58 bits per heavy atom. The predicted molar refractivity (Wildman–Crippen MR) is 46.1 cm³/mol. The van der Waals surface area contributed by atoms with Gasteiger partial charge in [-0.2, -0.15) is 5.10 Å². The average molecular weight is 166 g/mol. The van der Waals surface area contributed by atoms with Crippen molar-refractivity contribution in [1.29, 1.82) is 0 Å². The second kappa shape index (κ2) is 2.51. The van der Waals surface area contributed by atoms with Gasteiger partial charge in [-0.05, 0) is 6.42 Å². The zero-order valence-corrected chi connectivity index (χ0v) is 7.58. The third kappa shape index (κ3) is 1.09. The lowest BCUT2D eigenvalue weighted by molar-refractivity contribution is 0.0812. The summed E-state index contributed by atoms with van der Waals surface area (Å²) in [6.45, 7) is 6.22. The molecule has 1 atom stereocenters. The Morgan fingerprint density at radius 3 is 3.33 bits per heavy atom. The van der Waals surface area contributed by atoms with Gasteiger partial charge in [0, 0.05) is 11.5 Å². The van der Waals surface area contributed by atoms with Crippen molar-refractivity contribution in [2.45, 2.75) is 26.8 Å². The molecule has 0 fully saturated rings. The Kier molecular flexibility index (Phi) is 1.60. The van der Waals surface area contributed by atoms with Crippen LogP contribution in [-0.4, -0.2) is 16.4 Å². The van der Waals surface area contributed by atoms with Crippen molar-refractivity contribution in [2.75, 3.05) is 6.61 Å². The number of aromatic nitrogens is 2. The molecule has 0 amide bonds. The Hall–Kier alpha value is -0.990. The van der Waals surface area contributed by atoms with Crippen LogP contribution in [0.5, 0.6) is 5.88 Å². The number of rotatable bonds is 1. The molecule has 0 radical (unpaired) electrons. The summed E-state index contributed by atoms with van der Waals surface area (Å²) in [5.41, 5.74) is 0.263. The molecule has 2 heterocycles. The number of nitrogens with zero attached hydrogens (tertiary/aromatic N) is 2. The van der Waals surface area contributed by atoms with Gasteiger partial charge in [0.05, 0.1) is 19.3 Å². The summed E-state index contributed by atoms with van der Waals surface area (Å²) in [5.74, 6) is 0.904. The predicted octanol–water partition coefficient (Wildman–Crippen LogP) is 1.69. The molecule has 1 aromatic heterocycles. The fraction of sp³-hybridized carbons (Fsp3) is 0.667. The number of fused-ring (bicyclic) bond motifs is 1. The number of hydrogen-bond acceptors (Lipinski definition) is 2. The van der Waals surface area contributed by atoms with Crippen LogP contribution in [0.4, 0.5) is 0 Å². The molecule has 2 rings (SSSR count). The minimum absolute atomic E-state index is 0.263. The fourth-order valence-electron chi connectivity index (χ4n) is 1.43. The maximum absolute atomic E-state index is 5.57. The highest BCUT2D eigenvalue weighted by Gasteiger charge is 2.29. The molecule has 1 aliphatic rings. The summed E-state index contributed by atoms with van der Waals surface area (Å²) < 4.78 is 7.51. The van der Waals surface area contributed by atoms with Gasteiger partial charge in [0.1, 0.15) is 0 Å². The normalized spacial score (nSPS) is 27.8. The van der Waals surface area contributed by atoms with Crippen molar-refractivity contribution >= 4 is 0 Å². The van der Waals surface area contributed by atoms with Gasteiger partial charge in [-0.1, -0.05) is 13.8 Å². The second-order valence-electron chi connectivity index (χ2n) is 3.78. The molecular weight excluding hydrogens is 152 g/mol. The van der Waals surface area contributed by atoms with E-state index in [1.54, 1.807) is 6.20 Å². The highest BCUT2D eigenvalue weighted by Crippen LogP contribution is 2.30. The lowest BCUT2D eigenvalue weighted by atomic mass is 9.88. The van der Waals surface area contributed by atoms with E-state index in [0.717, 1.165) is 25.5 Å². The zero-order valence-electron chi connectivity index (χ0n) is 7.58. The molecule has 0 aliphatic carbocycles. The summed E-state index contributed by atoms with van der Waals surface area (Å²) in [6.07, 6.45) is 2.92. The van der Waals surface area contributed by atoms with Crippen molar-refractivity contribution in [3.8, 4) is 5.88 Å². The standard InChI is InChI=1S/C9H14N2O/c1-3-9(2)6-11-8(12-7-9)4-5-10-11/h4-5H,3,6-7H2,1-2H3. The molecule has 66 valence electrons. The lowest BCUT2D eigenvalue weighted by Gasteiger charge is -2.32. The monoisotopic (exact) mass is 166 g/mol. The minimum atomic E-state index is 0.263. The molecule has 0 saturated carbocycles. The van der Waals surface area contributed by atoms with Crippen molar-refractivity contribution < 1.29 is 4.74 Å². The van der Waals surface area contributed by atoms with E-state index in [4.69, 9.17) is 4.74 Å². The highest BCUT2D eigenvalue weighted by molar-refractivity contribution is 5.10. The molecule has 0 spiro atoms. The van der Waals surface area contributed by atoms with Crippen molar-refractivity contribution in [1.82, 2.24) is 9.78 Å². The molecule has 1 aliphatic heterocycles. The van der Waals surface area contributed by atoms with Crippen LogP contribution >= 0.6 is 0 Å². The quantitative estimate of drug-likeness (QED) is 0.634. The van der Waals surface area contributed by atoms with Crippen molar-refractivity contribution in [3.63, 3.8) is 0 Å². The zero-order chi connectivity index (χ0) is 8.60. The second-order valence-corrected chi connectivity index (χ2v) is 3.78. The van der Waals surface area contributed by atoms with E-state index in [-0.39, 0.29) is 5.41 Å². The maximum Gasteiger partial charge on any atom is 0.211 e. The first-order valence-electron chi connectivity index (χ1n) is 4.38. The SMILES string of the molecule is CCC1(C)COc2ccnn2C1. The van der Waals surface area contributed by atoms with E-state index in [1.165, 1.54) is 0 Å². The summed E-state index contributed by atoms with van der Waals surface area (Å²) in [5, 5.41) is 4.19. The Morgan fingerprint density at radius 1 is 1.75 bits per heavy atom. The topological polar surface area (TPSA) is 27.1 Å². The fourth-order valence-corrected chi connectivity index (χ4v) is 1.43. The Balaban J connectivity index is 2.25. The molecule has 0 bridgehead atoms. The Bertz CT molecular complexity index is 282. The van der Waals surface area contributed by atoms with Gasteiger partial charge >= 0.3 is 0 Å². The van der Waals surface area contributed by atoms with E-state index in [2.05, 4.69) is 18.9 Å². The first-order chi connectivity index (χ1) is 5.73. The van der Waals surface area contributed by atoms with E-state index < -0.39 is 0 Å². The molecule has 0 N–H and O–H groups in total. The van der Waals surface area contributed by atoms with Crippen LogP contribution in [0.2, 0.25) is 0 Å². The van der Waals surface area contributed by atoms with Crippen molar-refractivity contribution in [2.24, 2.45) is 5.41 Å².